The van der Waals surface area contributed by atoms with Crippen molar-refractivity contribution in [3.63, 3.8) is 0 Å². The lowest BCUT2D eigenvalue weighted by Crippen LogP contribution is -2.66. The van der Waals surface area contributed by atoms with Crippen molar-refractivity contribution in [2.24, 2.45) is 0 Å². The molecule has 0 saturated carbocycles. The minimum absolute atomic E-state index is 0.252. The van der Waals surface area contributed by atoms with Crippen LogP contribution in [0.5, 0.6) is 0 Å². The Bertz CT molecular complexity index is 1620. The van der Waals surface area contributed by atoms with Crippen molar-refractivity contribution in [2.45, 2.75) is 324 Å². The third kappa shape index (κ3) is 28.8. The number of nitrogens with one attached hydrogen (secondary N) is 1. The molecule has 3 saturated heterocycles. The van der Waals surface area contributed by atoms with Crippen LogP contribution in [0, 0.1) is 0 Å². The fourth-order valence-electron chi connectivity index (χ4n) is 10.7. The molecule has 0 aromatic heterocycles. The zero-order chi connectivity index (χ0) is 59.0. The normalized spacial score (nSPS) is 30.0. The molecule has 17 unspecified atom stereocenters. The third-order valence-corrected chi connectivity index (χ3v) is 16.0. The monoisotopic (exact) mass is 1160 g/mol. The summed E-state index contributed by atoms with van der Waals surface area (Å²) in [4.78, 5) is 13.4. The number of aliphatic hydroxyl groups excluding tert-OH is 11. The molecule has 0 spiro atoms. The Kier molecular flexibility index (Phi) is 41.0. The van der Waals surface area contributed by atoms with Crippen LogP contribution in [0.3, 0.4) is 0 Å². The Morgan fingerprint density at radius 1 is 0.444 bits per heavy atom. The first kappa shape index (κ1) is 73.3. The number of hydrogen-bond donors (Lipinski definition) is 12. The van der Waals surface area contributed by atoms with Gasteiger partial charge in [0.15, 0.2) is 18.9 Å². The van der Waals surface area contributed by atoms with Gasteiger partial charge in [0.1, 0.15) is 73.2 Å². The first-order chi connectivity index (χ1) is 39.3. The standard InChI is InChI=1S/C62H113NO18/c1-3-5-7-9-11-13-15-17-19-20-21-22-23-24-26-28-30-32-34-36-38-40-50(68)63-45(46(67)39-37-35-33-31-29-27-25-18-16-14-12-10-8-6-4-2)44-76-60-56(74)53(71)58(48(42-65)78-60)81-62-57(75)54(72)59(49(43-66)79-62)80-61-55(73)52(70)51(69)47(41-64)77-61/h15,17,20-21,23-24,45-49,51-62,64-67,69-75H,3-14,16,18-19,22,25-44H2,1-2H3,(H,63,68)/b17-15-,21-20-,24-23-. The lowest BCUT2D eigenvalue weighted by Gasteiger charge is -2.48. The SMILES string of the molecule is CCCCCCC/C=C\C/C=C\C/C=C\CCCCCCCCC(=O)NC(COC1OC(CO)C(OC2OC(CO)C(OC3OC(CO)C(O)C(O)C3O)C(O)C2O)C(O)C1O)C(O)CCCCCCCCCCCCCCCCC. The van der Waals surface area contributed by atoms with Gasteiger partial charge in [-0.15, -0.1) is 0 Å². The number of ether oxygens (including phenoxy) is 6. The fourth-order valence-corrected chi connectivity index (χ4v) is 10.7. The summed E-state index contributed by atoms with van der Waals surface area (Å²) in [6.45, 7) is 1.77. The minimum atomic E-state index is -1.97. The second-order valence-electron chi connectivity index (χ2n) is 22.9. The second kappa shape index (κ2) is 45.3. The summed E-state index contributed by atoms with van der Waals surface area (Å²) in [6, 6.07) is -0.894. The van der Waals surface area contributed by atoms with Crippen molar-refractivity contribution >= 4 is 5.91 Å². The first-order valence-electron chi connectivity index (χ1n) is 31.7. The van der Waals surface area contributed by atoms with Gasteiger partial charge < -0.3 is 89.9 Å². The topological polar surface area (TPSA) is 307 Å². The van der Waals surface area contributed by atoms with Crippen LogP contribution in [0.15, 0.2) is 36.5 Å². The maximum absolute atomic E-state index is 13.4. The van der Waals surface area contributed by atoms with E-state index in [4.69, 9.17) is 28.4 Å². The summed E-state index contributed by atoms with van der Waals surface area (Å²) in [5, 5.41) is 120. The van der Waals surface area contributed by atoms with Gasteiger partial charge in [0.25, 0.3) is 0 Å². The zero-order valence-electron chi connectivity index (χ0n) is 49.5. The van der Waals surface area contributed by atoms with Crippen LogP contribution in [0.1, 0.15) is 219 Å². The third-order valence-electron chi connectivity index (χ3n) is 16.0. The van der Waals surface area contributed by atoms with Crippen LogP contribution in [0.25, 0.3) is 0 Å². The Morgan fingerprint density at radius 2 is 0.815 bits per heavy atom. The molecule has 3 aliphatic heterocycles. The number of carbonyl (C=O) groups is 1. The predicted molar refractivity (Wildman–Crippen MR) is 309 cm³/mol. The molecule has 0 aliphatic carbocycles. The van der Waals surface area contributed by atoms with Crippen LogP contribution in [0.4, 0.5) is 0 Å². The van der Waals surface area contributed by atoms with E-state index in [9.17, 15) is 61.0 Å². The Labute approximate surface area is 485 Å². The highest BCUT2D eigenvalue weighted by Gasteiger charge is 2.53. The lowest BCUT2D eigenvalue weighted by atomic mass is 9.96. The van der Waals surface area contributed by atoms with E-state index in [1.165, 1.54) is 109 Å². The molecular weight excluding hydrogens is 1050 g/mol. The summed E-state index contributed by atoms with van der Waals surface area (Å²) in [5.74, 6) is -0.255. The summed E-state index contributed by atoms with van der Waals surface area (Å²) in [7, 11) is 0. The van der Waals surface area contributed by atoms with E-state index in [0.29, 0.717) is 12.8 Å². The Hall–Kier alpha value is -1.99. The van der Waals surface area contributed by atoms with Gasteiger partial charge in [-0.25, -0.2) is 0 Å². The zero-order valence-corrected chi connectivity index (χ0v) is 49.5. The van der Waals surface area contributed by atoms with Crippen LogP contribution >= 0.6 is 0 Å². The van der Waals surface area contributed by atoms with Crippen LogP contribution in [-0.2, 0) is 33.2 Å². The Morgan fingerprint density at radius 3 is 1.27 bits per heavy atom. The molecule has 474 valence electrons. The van der Waals surface area contributed by atoms with Crippen molar-refractivity contribution in [1.82, 2.24) is 5.32 Å². The maximum atomic E-state index is 13.4. The van der Waals surface area contributed by atoms with Gasteiger partial charge in [-0.3, -0.25) is 4.79 Å². The van der Waals surface area contributed by atoms with E-state index in [0.717, 1.165) is 77.0 Å². The van der Waals surface area contributed by atoms with E-state index >= 15 is 0 Å². The summed E-state index contributed by atoms with van der Waals surface area (Å²) >= 11 is 0. The molecule has 0 aromatic carbocycles. The number of unbranched alkanes of at least 4 members (excludes halogenated alkanes) is 25. The molecule has 19 nitrogen and oxygen atoms in total. The van der Waals surface area contributed by atoms with Gasteiger partial charge in [-0.2, -0.15) is 0 Å². The van der Waals surface area contributed by atoms with Crippen LogP contribution in [-0.4, -0.2) is 193 Å². The highest BCUT2D eigenvalue weighted by molar-refractivity contribution is 5.76. The molecule has 3 rings (SSSR count). The molecule has 3 heterocycles. The number of rotatable bonds is 47. The molecule has 81 heavy (non-hydrogen) atoms. The molecular formula is C62H113NO18. The van der Waals surface area contributed by atoms with E-state index in [-0.39, 0.29) is 18.9 Å². The number of amides is 1. The lowest BCUT2D eigenvalue weighted by molar-refractivity contribution is -0.379. The molecule has 0 radical (unpaired) electrons. The molecule has 1 amide bonds. The summed E-state index contributed by atoms with van der Waals surface area (Å²) in [5.41, 5.74) is 0. The van der Waals surface area contributed by atoms with E-state index < -0.39 is 124 Å². The van der Waals surface area contributed by atoms with Crippen LogP contribution < -0.4 is 5.32 Å². The molecule has 3 fully saturated rings. The maximum Gasteiger partial charge on any atom is 0.220 e. The second-order valence-corrected chi connectivity index (χ2v) is 22.9. The molecule has 3 aliphatic rings. The largest absolute Gasteiger partial charge is 0.394 e. The van der Waals surface area contributed by atoms with Gasteiger partial charge in [0.05, 0.1) is 38.6 Å². The van der Waals surface area contributed by atoms with Gasteiger partial charge in [-0.1, -0.05) is 198 Å². The van der Waals surface area contributed by atoms with Crippen molar-refractivity contribution in [1.29, 1.82) is 0 Å². The molecule has 19 heteroatoms. The van der Waals surface area contributed by atoms with Gasteiger partial charge in [-0.05, 0) is 51.4 Å². The highest BCUT2D eigenvalue weighted by atomic mass is 16.8. The molecule has 12 N–H and O–H groups in total. The predicted octanol–water partition coefficient (Wildman–Crippen LogP) is 6.49. The average molecular weight is 1160 g/mol. The molecule has 0 aromatic rings. The van der Waals surface area contributed by atoms with Gasteiger partial charge in [0, 0.05) is 6.42 Å². The highest BCUT2D eigenvalue weighted by Crippen LogP contribution is 2.33. The average Bonchev–Trinajstić information content (AvgIpc) is 3.46. The summed E-state index contributed by atoms with van der Waals surface area (Å²) in [6.07, 6.45) is 22.2. The number of aliphatic hydroxyl groups is 11. The molecule has 17 atom stereocenters. The number of carbonyl (C=O) groups excluding carboxylic acids is 1. The quantitative estimate of drug-likeness (QED) is 0.0229. The Balaban J connectivity index is 1.48. The number of allylic oxidation sites excluding steroid dienone is 6. The van der Waals surface area contributed by atoms with Gasteiger partial charge >= 0.3 is 0 Å². The van der Waals surface area contributed by atoms with E-state index in [1.54, 1.807) is 0 Å². The fraction of sp³-hybridized carbons (Fsp3) is 0.887. The van der Waals surface area contributed by atoms with Crippen molar-refractivity contribution in [3.8, 4) is 0 Å². The van der Waals surface area contributed by atoms with E-state index in [1.807, 2.05) is 0 Å². The van der Waals surface area contributed by atoms with E-state index in [2.05, 4.69) is 55.6 Å². The van der Waals surface area contributed by atoms with Crippen molar-refractivity contribution < 1.29 is 89.4 Å². The molecule has 0 bridgehead atoms. The van der Waals surface area contributed by atoms with Crippen LogP contribution in [0.2, 0.25) is 0 Å². The smallest absolute Gasteiger partial charge is 0.220 e. The van der Waals surface area contributed by atoms with Crippen molar-refractivity contribution in [3.05, 3.63) is 36.5 Å². The van der Waals surface area contributed by atoms with Gasteiger partial charge in [0.2, 0.25) is 5.91 Å². The first-order valence-corrected chi connectivity index (χ1v) is 31.7. The minimum Gasteiger partial charge on any atom is -0.394 e. The van der Waals surface area contributed by atoms with Crippen molar-refractivity contribution in [2.75, 3.05) is 26.4 Å². The number of hydrogen-bond acceptors (Lipinski definition) is 18. The summed E-state index contributed by atoms with van der Waals surface area (Å²) < 4.78 is 34.3.